The van der Waals surface area contributed by atoms with Crippen molar-refractivity contribution >= 4 is 0 Å². The molecule has 2 atom stereocenters. The Labute approximate surface area is 90.6 Å². The van der Waals surface area contributed by atoms with E-state index in [2.05, 4.69) is 29.6 Å². The number of hydrogen-bond donors (Lipinski definition) is 2. The molecule has 1 fully saturated rings. The van der Waals surface area contributed by atoms with Crippen molar-refractivity contribution in [2.75, 3.05) is 13.3 Å². The van der Waals surface area contributed by atoms with E-state index in [0.717, 1.165) is 19.4 Å². The average Bonchev–Trinajstić information content (AvgIpc) is 2.81. The zero-order valence-corrected chi connectivity index (χ0v) is 8.86. The van der Waals surface area contributed by atoms with Gasteiger partial charge in [-0.2, -0.15) is 0 Å². The molecule has 0 amide bonds. The fourth-order valence-electron chi connectivity index (χ4n) is 1.86. The Kier molecular flexibility index (Phi) is 3.72. The Morgan fingerprint density at radius 3 is 2.87 bits per heavy atom. The lowest BCUT2D eigenvalue weighted by atomic mass is 10.0. The van der Waals surface area contributed by atoms with Gasteiger partial charge in [0.25, 0.3) is 0 Å². The van der Waals surface area contributed by atoms with Crippen LogP contribution in [0.25, 0.3) is 0 Å². The van der Waals surface area contributed by atoms with Gasteiger partial charge in [0.1, 0.15) is 0 Å². The van der Waals surface area contributed by atoms with Crippen LogP contribution in [-0.2, 0) is 11.2 Å². The standard InChI is InChI=1S/C12H18N2O/c13-11(12-8-14-9-15-12)7-6-10-4-2-1-3-5-10/h1-5,11-12,14H,6-9,13H2/t11-,12?/m0/s1. The van der Waals surface area contributed by atoms with Crippen molar-refractivity contribution in [1.82, 2.24) is 5.32 Å². The van der Waals surface area contributed by atoms with Gasteiger partial charge in [-0.1, -0.05) is 30.3 Å². The zero-order chi connectivity index (χ0) is 10.5. The molecule has 0 saturated carbocycles. The molecular formula is C12H18N2O. The van der Waals surface area contributed by atoms with Gasteiger partial charge < -0.3 is 10.5 Å². The van der Waals surface area contributed by atoms with Crippen molar-refractivity contribution in [2.45, 2.75) is 25.0 Å². The van der Waals surface area contributed by atoms with Gasteiger partial charge in [0.15, 0.2) is 0 Å². The fraction of sp³-hybridized carbons (Fsp3) is 0.500. The molecule has 3 nitrogen and oxygen atoms in total. The van der Waals surface area contributed by atoms with Gasteiger partial charge in [-0.3, -0.25) is 5.32 Å². The highest BCUT2D eigenvalue weighted by atomic mass is 16.5. The summed E-state index contributed by atoms with van der Waals surface area (Å²) in [5.41, 5.74) is 7.41. The molecule has 1 aliphatic heterocycles. The summed E-state index contributed by atoms with van der Waals surface area (Å²) >= 11 is 0. The second-order valence-electron chi connectivity index (χ2n) is 3.99. The molecule has 2 rings (SSSR count). The molecule has 82 valence electrons. The van der Waals surface area contributed by atoms with Gasteiger partial charge in [-0.05, 0) is 18.4 Å². The second-order valence-corrected chi connectivity index (χ2v) is 3.99. The van der Waals surface area contributed by atoms with Gasteiger partial charge in [0.05, 0.1) is 12.8 Å². The molecule has 0 aliphatic carbocycles. The Balaban J connectivity index is 1.77. The van der Waals surface area contributed by atoms with E-state index in [1.54, 1.807) is 0 Å². The summed E-state index contributed by atoms with van der Waals surface area (Å²) in [4.78, 5) is 0. The molecule has 1 aromatic rings. The minimum Gasteiger partial charge on any atom is -0.360 e. The number of benzene rings is 1. The van der Waals surface area contributed by atoms with Crippen LogP contribution in [-0.4, -0.2) is 25.4 Å². The van der Waals surface area contributed by atoms with Crippen molar-refractivity contribution in [1.29, 1.82) is 0 Å². The number of aryl methyl sites for hydroxylation is 1. The highest BCUT2D eigenvalue weighted by Gasteiger charge is 2.21. The summed E-state index contributed by atoms with van der Waals surface area (Å²) in [6, 6.07) is 10.6. The predicted octanol–water partition coefficient (Wildman–Crippen LogP) is 0.892. The predicted molar refractivity (Wildman–Crippen MR) is 60.5 cm³/mol. The molecule has 15 heavy (non-hydrogen) atoms. The topological polar surface area (TPSA) is 47.3 Å². The van der Waals surface area contributed by atoms with E-state index in [4.69, 9.17) is 10.5 Å². The number of ether oxygens (including phenoxy) is 1. The van der Waals surface area contributed by atoms with Gasteiger partial charge >= 0.3 is 0 Å². The fourth-order valence-corrected chi connectivity index (χ4v) is 1.86. The molecule has 3 N–H and O–H groups in total. The van der Waals surface area contributed by atoms with Crippen LogP contribution in [0.5, 0.6) is 0 Å². The van der Waals surface area contributed by atoms with E-state index in [0.29, 0.717) is 6.73 Å². The third-order valence-corrected chi connectivity index (χ3v) is 2.83. The summed E-state index contributed by atoms with van der Waals surface area (Å²) < 4.78 is 5.47. The number of rotatable bonds is 4. The van der Waals surface area contributed by atoms with Gasteiger partial charge in [0.2, 0.25) is 0 Å². The summed E-state index contributed by atoms with van der Waals surface area (Å²) in [5.74, 6) is 0. The van der Waals surface area contributed by atoms with Crippen LogP contribution >= 0.6 is 0 Å². The van der Waals surface area contributed by atoms with Crippen LogP contribution in [0.3, 0.4) is 0 Å². The summed E-state index contributed by atoms with van der Waals surface area (Å²) in [5, 5.41) is 3.15. The van der Waals surface area contributed by atoms with Crippen molar-refractivity contribution in [3.05, 3.63) is 35.9 Å². The lowest BCUT2D eigenvalue weighted by Gasteiger charge is -2.17. The molecule has 1 aliphatic rings. The molecule has 1 heterocycles. The maximum Gasteiger partial charge on any atom is 0.0971 e. The molecular weight excluding hydrogens is 188 g/mol. The average molecular weight is 206 g/mol. The normalized spacial score (nSPS) is 22.9. The van der Waals surface area contributed by atoms with E-state index < -0.39 is 0 Å². The van der Waals surface area contributed by atoms with Gasteiger partial charge in [-0.15, -0.1) is 0 Å². The first kappa shape index (κ1) is 10.6. The van der Waals surface area contributed by atoms with Crippen molar-refractivity contribution in [2.24, 2.45) is 5.73 Å². The van der Waals surface area contributed by atoms with Gasteiger partial charge in [0, 0.05) is 12.6 Å². The van der Waals surface area contributed by atoms with E-state index in [1.165, 1.54) is 5.56 Å². The van der Waals surface area contributed by atoms with E-state index >= 15 is 0 Å². The maximum atomic E-state index is 6.06. The molecule has 0 aromatic heterocycles. The minimum atomic E-state index is 0.139. The molecule has 1 unspecified atom stereocenters. The first-order chi connectivity index (χ1) is 7.36. The summed E-state index contributed by atoms with van der Waals surface area (Å²) in [6.07, 6.45) is 2.20. The Morgan fingerprint density at radius 1 is 1.40 bits per heavy atom. The van der Waals surface area contributed by atoms with Gasteiger partial charge in [-0.25, -0.2) is 0 Å². The maximum absolute atomic E-state index is 6.06. The Hall–Kier alpha value is -0.900. The Bertz CT molecular complexity index is 283. The van der Waals surface area contributed by atoms with Crippen LogP contribution in [0.15, 0.2) is 30.3 Å². The smallest absolute Gasteiger partial charge is 0.0971 e. The SMILES string of the molecule is N[C@@H](CCc1ccccc1)C1CNCO1. The highest BCUT2D eigenvalue weighted by Crippen LogP contribution is 2.09. The largest absolute Gasteiger partial charge is 0.360 e. The van der Waals surface area contributed by atoms with Crippen LogP contribution in [0.4, 0.5) is 0 Å². The van der Waals surface area contributed by atoms with Crippen molar-refractivity contribution in [3.63, 3.8) is 0 Å². The molecule has 0 spiro atoms. The molecule has 0 radical (unpaired) electrons. The quantitative estimate of drug-likeness (QED) is 0.769. The van der Waals surface area contributed by atoms with Crippen LogP contribution in [0.2, 0.25) is 0 Å². The molecule has 1 saturated heterocycles. The number of hydrogen-bond acceptors (Lipinski definition) is 3. The lowest BCUT2D eigenvalue weighted by molar-refractivity contribution is 0.0910. The molecule has 0 bridgehead atoms. The third kappa shape index (κ3) is 3.02. The number of nitrogens with two attached hydrogens (primary N) is 1. The van der Waals surface area contributed by atoms with E-state index in [9.17, 15) is 0 Å². The van der Waals surface area contributed by atoms with Crippen LogP contribution in [0, 0.1) is 0 Å². The number of nitrogens with one attached hydrogen (secondary N) is 1. The minimum absolute atomic E-state index is 0.139. The zero-order valence-electron chi connectivity index (χ0n) is 8.86. The summed E-state index contributed by atoms with van der Waals surface area (Å²) in [6.45, 7) is 1.53. The molecule has 1 aromatic carbocycles. The van der Waals surface area contributed by atoms with E-state index in [1.807, 2.05) is 6.07 Å². The highest BCUT2D eigenvalue weighted by molar-refractivity contribution is 5.14. The van der Waals surface area contributed by atoms with Crippen LogP contribution < -0.4 is 11.1 Å². The Morgan fingerprint density at radius 2 is 2.20 bits per heavy atom. The monoisotopic (exact) mass is 206 g/mol. The lowest BCUT2D eigenvalue weighted by Crippen LogP contribution is -2.37. The van der Waals surface area contributed by atoms with Crippen molar-refractivity contribution in [3.8, 4) is 0 Å². The first-order valence-corrected chi connectivity index (χ1v) is 5.48. The van der Waals surface area contributed by atoms with E-state index in [-0.39, 0.29) is 12.1 Å². The van der Waals surface area contributed by atoms with Crippen LogP contribution in [0.1, 0.15) is 12.0 Å². The van der Waals surface area contributed by atoms with Crippen molar-refractivity contribution < 1.29 is 4.74 Å². The third-order valence-electron chi connectivity index (χ3n) is 2.83. The molecule has 3 heteroatoms. The second kappa shape index (κ2) is 5.26. The summed E-state index contributed by atoms with van der Waals surface area (Å²) in [7, 11) is 0. The first-order valence-electron chi connectivity index (χ1n) is 5.48.